The fourth-order valence-corrected chi connectivity index (χ4v) is 2.03. The largest absolute Gasteiger partial charge is 0.494 e. The summed E-state index contributed by atoms with van der Waals surface area (Å²) in [4.78, 5) is 11.2. The van der Waals surface area contributed by atoms with Crippen molar-refractivity contribution in [3.63, 3.8) is 0 Å². The summed E-state index contributed by atoms with van der Waals surface area (Å²) in [7, 11) is 0. The number of carboxylic acids is 1. The third-order valence-corrected chi connectivity index (χ3v) is 2.95. The van der Waals surface area contributed by atoms with Crippen molar-refractivity contribution >= 4 is 5.97 Å². The van der Waals surface area contributed by atoms with Crippen molar-refractivity contribution in [1.29, 1.82) is 0 Å². The third-order valence-electron chi connectivity index (χ3n) is 2.95. The molecule has 3 nitrogen and oxygen atoms in total. The Kier molecular flexibility index (Phi) is 4.55. The van der Waals surface area contributed by atoms with E-state index in [1.54, 1.807) is 0 Å². The highest BCUT2D eigenvalue weighted by Crippen LogP contribution is 2.29. The Bertz CT molecular complexity index is 410. The average Bonchev–Trinajstić information content (AvgIpc) is 2.25. The molecule has 0 aromatic heterocycles. The van der Waals surface area contributed by atoms with Gasteiger partial charge in [-0.1, -0.05) is 13.0 Å². The van der Waals surface area contributed by atoms with E-state index in [9.17, 15) is 9.90 Å². The lowest BCUT2D eigenvalue weighted by Gasteiger charge is -2.16. The second-order valence-corrected chi connectivity index (χ2v) is 4.21. The van der Waals surface area contributed by atoms with Gasteiger partial charge in [0.2, 0.25) is 0 Å². The summed E-state index contributed by atoms with van der Waals surface area (Å²) in [6.45, 7) is 8.33. The first kappa shape index (κ1) is 13.6. The van der Waals surface area contributed by atoms with Crippen LogP contribution in [0.1, 0.15) is 42.9 Å². The molecule has 0 heterocycles. The zero-order valence-electron chi connectivity index (χ0n) is 10.9. The van der Waals surface area contributed by atoms with Crippen molar-refractivity contribution in [1.82, 2.24) is 0 Å². The normalized spacial score (nSPS) is 12.2. The second-order valence-electron chi connectivity index (χ2n) is 4.21. The number of benzene rings is 1. The van der Waals surface area contributed by atoms with Crippen LogP contribution in [0.25, 0.3) is 0 Å². The van der Waals surface area contributed by atoms with Crippen molar-refractivity contribution in [2.24, 2.45) is 0 Å². The van der Waals surface area contributed by atoms with Crippen LogP contribution in [0.2, 0.25) is 0 Å². The predicted molar refractivity (Wildman–Crippen MR) is 67.8 cm³/mol. The van der Waals surface area contributed by atoms with Crippen LogP contribution in [0, 0.1) is 13.8 Å². The molecule has 0 fully saturated rings. The van der Waals surface area contributed by atoms with E-state index >= 15 is 0 Å². The molecular weight excluding hydrogens is 216 g/mol. The molecule has 0 radical (unpaired) electrons. The van der Waals surface area contributed by atoms with Crippen molar-refractivity contribution in [2.75, 3.05) is 6.61 Å². The minimum atomic E-state index is -0.765. The molecule has 0 saturated carbocycles. The maximum Gasteiger partial charge on any atom is 0.310 e. The summed E-state index contributed by atoms with van der Waals surface area (Å²) in [5, 5.41) is 9.18. The van der Waals surface area contributed by atoms with E-state index < -0.39 is 11.9 Å². The molecule has 1 N–H and O–H groups in total. The van der Waals surface area contributed by atoms with Gasteiger partial charge in [-0.2, -0.15) is 0 Å². The van der Waals surface area contributed by atoms with Gasteiger partial charge in [0.05, 0.1) is 12.5 Å². The van der Waals surface area contributed by atoms with Gasteiger partial charge in [0, 0.05) is 0 Å². The molecule has 0 aliphatic rings. The molecule has 1 aromatic carbocycles. The van der Waals surface area contributed by atoms with Crippen LogP contribution in [0.3, 0.4) is 0 Å². The molecule has 3 heteroatoms. The number of hydrogen-bond donors (Lipinski definition) is 1. The van der Waals surface area contributed by atoms with Crippen LogP contribution in [0.4, 0.5) is 0 Å². The van der Waals surface area contributed by atoms with Crippen LogP contribution in [-0.2, 0) is 4.79 Å². The molecule has 0 saturated heterocycles. The molecule has 1 unspecified atom stereocenters. The lowest BCUT2D eigenvalue weighted by atomic mass is 9.91. The number of aryl methyl sites for hydroxylation is 2. The Hall–Kier alpha value is -1.51. The molecule has 1 aromatic rings. The van der Waals surface area contributed by atoms with E-state index in [4.69, 9.17) is 4.74 Å². The summed E-state index contributed by atoms with van der Waals surface area (Å²) in [6.07, 6.45) is 0.601. The number of carboxylic acid groups (broad SMARTS) is 1. The lowest BCUT2D eigenvalue weighted by molar-refractivity contribution is -0.138. The zero-order valence-corrected chi connectivity index (χ0v) is 10.9. The van der Waals surface area contributed by atoms with Crippen molar-refractivity contribution < 1.29 is 14.6 Å². The number of carbonyl (C=O) groups is 1. The smallest absolute Gasteiger partial charge is 0.310 e. The quantitative estimate of drug-likeness (QED) is 0.853. The molecule has 1 rings (SSSR count). The summed E-state index contributed by atoms with van der Waals surface area (Å²) in [5.41, 5.74) is 2.86. The van der Waals surface area contributed by atoms with Gasteiger partial charge in [-0.05, 0) is 49.9 Å². The average molecular weight is 236 g/mol. The Balaban J connectivity index is 3.18. The van der Waals surface area contributed by atoms with Crippen LogP contribution < -0.4 is 4.74 Å². The summed E-state index contributed by atoms with van der Waals surface area (Å²) in [6, 6.07) is 3.86. The number of aliphatic carboxylic acids is 1. The topological polar surface area (TPSA) is 46.5 Å². The lowest BCUT2D eigenvalue weighted by Crippen LogP contribution is -2.12. The van der Waals surface area contributed by atoms with Gasteiger partial charge in [0.1, 0.15) is 5.75 Å². The monoisotopic (exact) mass is 236 g/mol. The maximum absolute atomic E-state index is 11.2. The maximum atomic E-state index is 11.2. The van der Waals surface area contributed by atoms with Crippen molar-refractivity contribution in [3.05, 3.63) is 28.8 Å². The van der Waals surface area contributed by atoms with E-state index in [2.05, 4.69) is 0 Å². The van der Waals surface area contributed by atoms with Gasteiger partial charge in [0.15, 0.2) is 0 Å². The van der Waals surface area contributed by atoms with Crippen LogP contribution >= 0.6 is 0 Å². The third kappa shape index (κ3) is 2.99. The van der Waals surface area contributed by atoms with Crippen molar-refractivity contribution in [3.8, 4) is 5.75 Å². The minimum absolute atomic E-state index is 0.427. The fourth-order valence-electron chi connectivity index (χ4n) is 2.03. The molecular formula is C14H20O3. The fraction of sp³-hybridized carbons (Fsp3) is 0.500. The number of ether oxygens (including phenoxy) is 1. The first-order valence-corrected chi connectivity index (χ1v) is 5.98. The zero-order chi connectivity index (χ0) is 13.0. The SMILES string of the molecule is CCOc1cc(C)c(C(CC)C(=O)O)cc1C. The van der Waals surface area contributed by atoms with Gasteiger partial charge in [0.25, 0.3) is 0 Å². The molecule has 1 atom stereocenters. The Morgan fingerprint density at radius 1 is 1.29 bits per heavy atom. The summed E-state index contributed by atoms with van der Waals surface area (Å²) in [5.74, 6) is -0.350. The van der Waals surface area contributed by atoms with Gasteiger partial charge in [-0.25, -0.2) is 0 Å². The van der Waals surface area contributed by atoms with E-state index in [1.165, 1.54) is 0 Å². The molecule has 0 amide bonds. The second kappa shape index (κ2) is 5.71. The molecule has 0 spiro atoms. The van der Waals surface area contributed by atoms with Crippen LogP contribution in [-0.4, -0.2) is 17.7 Å². The highest BCUT2D eigenvalue weighted by molar-refractivity contribution is 5.76. The molecule has 17 heavy (non-hydrogen) atoms. The highest BCUT2D eigenvalue weighted by atomic mass is 16.5. The van der Waals surface area contributed by atoms with Gasteiger partial charge >= 0.3 is 5.97 Å². The Labute approximate surface area is 102 Å². The molecule has 0 aliphatic carbocycles. The van der Waals surface area contributed by atoms with E-state index in [0.29, 0.717) is 13.0 Å². The standard InChI is InChI=1S/C14H20O3/c1-5-11(14(15)16)12-7-10(4)13(17-6-2)8-9(12)3/h7-8,11H,5-6H2,1-4H3,(H,15,16). The molecule has 0 aliphatic heterocycles. The van der Waals surface area contributed by atoms with E-state index in [0.717, 1.165) is 22.4 Å². The van der Waals surface area contributed by atoms with Crippen molar-refractivity contribution in [2.45, 2.75) is 40.0 Å². The Morgan fingerprint density at radius 3 is 2.41 bits per heavy atom. The summed E-state index contributed by atoms with van der Waals surface area (Å²) >= 11 is 0. The van der Waals surface area contributed by atoms with Gasteiger partial charge in [-0.3, -0.25) is 4.79 Å². The first-order valence-electron chi connectivity index (χ1n) is 5.98. The Morgan fingerprint density at radius 2 is 1.94 bits per heavy atom. The summed E-state index contributed by atoms with van der Waals surface area (Å²) < 4.78 is 5.50. The number of hydrogen-bond acceptors (Lipinski definition) is 2. The molecule has 0 bridgehead atoms. The highest BCUT2D eigenvalue weighted by Gasteiger charge is 2.20. The minimum Gasteiger partial charge on any atom is -0.494 e. The van der Waals surface area contributed by atoms with Gasteiger partial charge < -0.3 is 9.84 Å². The first-order chi connectivity index (χ1) is 8.01. The van der Waals surface area contributed by atoms with E-state index in [-0.39, 0.29) is 0 Å². The van der Waals surface area contributed by atoms with E-state index in [1.807, 2.05) is 39.8 Å². The van der Waals surface area contributed by atoms with Crippen LogP contribution in [0.15, 0.2) is 12.1 Å². The number of rotatable bonds is 5. The predicted octanol–water partition coefficient (Wildman–Crippen LogP) is 3.28. The molecule has 94 valence electrons. The van der Waals surface area contributed by atoms with Gasteiger partial charge in [-0.15, -0.1) is 0 Å². The van der Waals surface area contributed by atoms with Crippen LogP contribution in [0.5, 0.6) is 5.75 Å².